The second-order valence-electron chi connectivity index (χ2n) is 5.50. The third-order valence-corrected chi connectivity index (χ3v) is 3.73. The van der Waals surface area contributed by atoms with E-state index in [1.807, 2.05) is 0 Å². The first-order valence-electron chi connectivity index (χ1n) is 7.92. The number of hydroxylamine groups is 2. The number of carbonyl (C=O) groups excluding carboxylic acids is 3. The smallest absolute Gasteiger partial charge is 0.333 e. The third-order valence-electron chi connectivity index (χ3n) is 3.73. The van der Waals surface area contributed by atoms with Crippen LogP contribution in [0.3, 0.4) is 0 Å². The number of hydrogen-bond donors (Lipinski definition) is 0. The highest BCUT2D eigenvalue weighted by Gasteiger charge is 2.38. The van der Waals surface area contributed by atoms with Gasteiger partial charge in [0.05, 0.1) is 17.5 Å². The van der Waals surface area contributed by atoms with Crippen molar-refractivity contribution >= 4 is 17.8 Å². The van der Waals surface area contributed by atoms with Crippen molar-refractivity contribution in [3.05, 3.63) is 59.7 Å². The van der Waals surface area contributed by atoms with Crippen molar-refractivity contribution < 1.29 is 23.7 Å². The zero-order chi connectivity index (χ0) is 18.8. The minimum absolute atomic E-state index is 0.0713. The van der Waals surface area contributed by atoms with Gasteiger partial charge in [-0.2, -0.15) is 4.98 Å². The second kappa shape index (κ2) is 6.75. The van der Waals surface area contributed by atoms with Crippen molar-refractivity contribution in [2.45, 2.75) is 12.8 Å². The van der Waals surface area contributed by atoms with E-state index in [4.69, 9.17) is 9.36 Å². The van der Waals surface area contributed by atoms with Crippen LogP contribution in [0.1, 0.15) is 33.0 Å². The number of aromatic nitrogens is 4. The van der Waals surface area contributed by atoms with Crippen LogP contribution in [0.15, 0.2) is 47.2 Å². The maximum absolute atomic E-state index is 12.2. The number of amides is 2. The molecule has 3 heterocycles. The van der Waals surface area contributed by atoms with E-state index in [0.717, 1.165) is 0 Å². The van der Waals surface area contributed by atoms with Gasteiger partial charge in [-0.1, -0.05) is 22.4 Å². The Hall–Kier alpha value is -3.95. The highest BCUT2D eigenvalue weighted by molar-refractivity contribution is 6.20. The lowest BCUT2D eigenvalue weighted by molar-refractivity contribution is -0.168. The molecule has 134 valence electrons. The molecule has 2 amide bonds. The number of benzene rings is 1. The van der Waals surface area contributed by atoms with Crippen molar-refractivity contribution in [3.8, 4) is 11.6 Å². The Kier molecular flexibility index (Phi) is 4.13. The van der Waals surface area contributed by atoms with E-state index in [2.05, 4.69) is 20.1 Å². The fourth-order valence-corrected chi connectivity index (χ4v) is 2.47. The predicted molar refractivity (Wildman–Crippen MR) is 86.7 cm³/mol. The summed E-state index contributed by atoms with van der Waals surface area (Å²) in [4.78, 5) is 53.3. The molecule has 0 unspecified atom stereocenters. The maximum Gasteiger partial charge on any atom is 0.333 e. The lowest BCUT2D eigenvalue weighted by atomic mass is 10.1. The van der Waals surface area contributed by atoms with Gasteiger partial charge in [-0.3, -0.25) is 9.59 Å². The minimum Gasteiger partial charge on any atom is -0.339 e. The van der Waals surface area contributed by atoms with Crippen molar-refractivity contribution in [1.29, 1.82) is 0 Å². The van der Waals surface area contributed by atoms with Crippen LogP contribution in [0, 0.1) is 0 Å². The number of aryl methyl sites for hydroxylation is 1. The number of fused-ring (bicyclic) bond motifs is 1. The van der Waals surface area contributed by atoms with Crippen molar-refractivity contribution in [1.82, 2.24) is 25.2 Å². The fraction of sp³-hybridized carbons (Fsp3) is 0.118. The number of rotatable bonds is 5. The van der Waals surface area contributed by atoms with Gasteiger partial charge in [-0.25, -0.2) is 14.8 Å². The van der Waals surface area contributed by atoms with Crippen LogP contribution in [-0.2, 0) is 16.1 Å². The standard InChI is InChI=1S/C17H11N5O5/c23-13(27-22-16(24)10-4-1-2-5-11(10)17(22)25)7-6-12-20-15(21-26-12)14-18-8-3-9-19-14/h1-5,8-9H,6-7H2. The molecule has 1 aliphatic rings. The fourth-order valence-electron chi connectivity index (χ4n) is 2.47. The monoisotopic (exact) mass is 365 g/mol. The molecular formula is C17H11N5O5. The van der Waals surface area contributed by atoms with E-state index >= 15 is 0 Å². The number of nitrogens with zero attached hydrogens (tertiary/aromatic N) is 5. The quantitative estimate of drug-likeness (QED) is 0.613. The zero-order valence-electron chi connectivity index (χ0n) is 13.7. The molecular weight excluding hydrogens is 354 g/mol. The van der Waals surface area contributed by atoms with Crippen LogP contribution in [0.25, 0.3) is 11.6 Å². The molecule has 0 saturated heterocycles. The van der Waals surface area contributed by atoms with Gasteiger partial charge in [0.1, 0.15) is 0 Å². The Morgan fingerprint density at radius 2 is 1.67 bits per heavy atom. The molecule has 0 fully saturated rings. The highest BCUT2D eigenvalue weighted by atomic mass is 16.7. The van der Waals surface area contributed by atoms with Gasteiger partial charge in [0.2, 0.25) is 17.5 Å². The molecule has 0 atom stereocenters. The van der Waals surface area contributed by atoms with E-state index in [1.54, 1.807) is 18.2 Å². The summed E-state index contributed by atoms with van der Waals surface area (Å²) < 4.78 is 5.04. The Morgan fingerprint density at radius 1 is 1.00 bits per heavy atom. The Balaban J connectivity index is 1.37. The Labute approximate surface area is 151 Å². The second-order valence-corrected chi connectivity index (χ2v) is 5.50. The average Bonchev–Trinajstić information content (AvgIpc) is 3.27. The van der Waals surface area contributed by atoms with Gasteiger partial charge in [0.15, 0.2) is 0 Å². The summed E-state index contributed by atoms with van der Waals surface area (Å²) in [6, 6.07) is 7.89. The van der Waals surface area contributed by atoms with Crippen LogP contribution in [0.4, 0.5) is 0 Å². The first kappa shape index (κ1) is 16.5. The number of hydrogen-bond acceptors (Lipinski definition) is 9. The SMILES string of the molecule is O=C(CCc1nc(-c2ncccn2)no1)ON1C(=O)c2ccccc2C1=O. The molecule has 10 heteroatoms. The van der Waals surface area contributed by atoms with E-state index < -0.39 is 17.8 Å². The first-order chi connectivity index (χ1) is 13.1. The van der Waals surface area contributed by atoms with Gasteiger partial charge in [0, 0.05) is 18.8 Å². The van der Waals surface area contributed by atoms with Gasteiger partial charge < -0.3 is 9.36 Å². The van der Waals surface area contributed by atoms with Crippen LogP contribution in [0.2, 0.25) is 0 Å². The first-order valence-corrected chi connectivity index (χ1v) is 7.92. The average molecular weight is 365 g/mol. The molecule has 27 heavy (non-hydrogen) atoms. The van der Waals surface area contributed by atoms with Crippen molar-refractivity contribution in [2.24, 2.45) is 0 Å². The molecule has 10 nitrogen and oxygen atoms in total. The summed E-state index contributed by atoms with van der Waals surface area (Å²) in [7, 11) is 0. The minimum atomic E-state index is -0.778. The summed E-state index contributed by atoms with van der Waals surface area (Å²) in [6.07, 6.45) is 2.99. The molecule has 2 aromatic heterocycles. The van der Waals surface area contributed by atoms with Gasteiger partial charge >= 0.3 is 5.97 Å². The van der Waals surface area contributed by atoms with E-state index in [0.29, 0.717) is 10.9 Å². The normalized spacial score (nSPS) is 13.0. The third kappa shape index (κ3) is 3.15. The van der Waals surface area contributed by atoms with Crippen LogP contribution < -0.4 is 0 Å². The topological polar surface area (TPSA) is 128 Å². The summed E-state index contributed by atoms with van der Waals surface area (Å²) in [5.74, 6) is -1.46. The van der Waals surface area contributed by atoms with E-state index in [-0.39, 0.29) is 35.7 Å². The Bertz CT molecular complexity index is 998. The lowest BCUT2D eigenvalue weighted by Crippen LogP contribution is -2.32. The summed E-state index contributed by atoms with van der Waals surface area (Å²) in [5, 5.41) is 4.20. The predicted octanol–water partition coefficient (Wildman–Crippen LogP) is 1.21. The molecule has 0 spiro atoms. The highest BCUT2D eigenvalue weighted by Crippen LogP contribution is 2.23. The molecule has 0 radical (unpaired) electrons. The van der Waals surface area contributed by atoms with Gasteiger partial charge in [0.25, 0.3) is 11.8 Å². The zero-order valence-corrected chi connectivity index (χ0v) is 13.7. The summed E-state index contributed by atoms with van der Waals surface area (Å²) in [6.45, 7) is 0. The van der Waals surface area contributed by atoms with E-state index in [9.17, 15) is 14.4 Å². The molecule has 0 aliphatic carbocycles. The maximum atomic E-state index is 12.2. The van der Waals surface area contributed by atoms with Crippen LogP contribution in [0.5, 0.6) is 0 Å². The largest absolute Gasteiger partial charge is 0.339 e. The number of imide groups is 1. The van der Waals surface area contributed by atoms with E-state index in [1.165, 1.54) is 24.5 Å². The van der Waals surface area contributed by atoms with Gasteiger partial charge in [-0.15, -0.1) is 0 Å². The molecule has 3 aromatic rings. The lowest BCUT2D eigenvalue weighted by Gasteiger charge is -2.12. The molecule has 1 aromatic carbocycles. The van der Waals surface area contributed by atoms with Crippen LogP contribution in [-0.4, -0.2) is 43.0 Å². The number of carbonyl (C=O) groups is 3. The Morgan fingerprint density at radius 3 is 2.33 bits per heavy atom. The summed E-state index contributed by atoms with van der Waals surface area (Å²) in [5.41, 5.74) is 0.388. The molecule has 0 N–H and O–H groups in total. The molecule has 4 rings (SSSR count). The summed E-state index contributed by atoms with van der Waals surface area (Å²) >= 11 is 0. The molecule has 0 bridgehead atoms. The molecule has 1 aliphatic heterocycles. The van der Waals surface area contributed by atoms with Crippen molar-refractivity contribution in [3.63, 3.8) is 0 Å². The van der Waals surface area contributed by atoms with Gasteiger partial charge in [-0.05, 0) is 18.2 Å². The van der Waals surface area contributed by atoms with Crippen LogP contribution >= 0.6 is 0 Å². The van der Waals surface area contributed by atoms with Crippen molar-refractivity contribution in [2.75, 3.05) is 0 Å². The molecule has 0 saturated carbocycles.